The highest BCUT2D eigenvalue weighted by Gasteiger charge is 2.42. The maximum atomic E-state index is 10.3. The Labute approximate surface area is 118 Å². The number of hydrogen-bond donors (Lipinski definition) is 1. The van der Waals surface area contributed by atoms with Crippen molar-refractivity contribution in [1.29, 1.82) is 0 Å². The van der Waals surface area contributed by atoms with Crippen LogP contribution in [0.15, 0.2) is 42.5 Å². The zero-order valence-electron chi connectivity index (χ0n) is 11.9. The molecule has 0 atom stereocenters. The molecule has 0 bridgehead atoms. The van der Waals surface area contributed by atoms with Gasteiger partial charge in [0, 0.05) is 27.8 Å². The molecule has 0 unspecified atom stereocenters. The summed E-state index contributed by atoms with van der Waals surface area (Å²) in [6, 6.07) is 15.4. The predicted octanol–water partition coefficient (Wildman–Crippen LogP) is 4.36. The topological polar surface area (TPSA) is 25.2 Å². The Morgan fingerprint density at radius 1 is 1.00 bits per heavy atom. The van der Waals surface area contributed by atoms with Crippen molar-refractivity contribution in [3.05, 3.63) is 48.0 Å². The zero-order valence-corrected chi connectivity index (χ0v) is 11.9. The fraction of sp³-hybridized carbons (Fsp3) is 0.333. The minimum atomic E-state index is -0.560. The molecule has 4 rings (SSSR count). The Bertz CT molecular complexity index is 809. The number of aliphatic hydroxyl groups is 1. The lowest BCUT2D eigenvalue weighted by Gasteiger charge is -2.12. The molecule has 102 valence electrons. The summed E-state index contributed by atoms with van der Waals surface area (Å²) in [6.45, 7) is 4.43. The SMILES string of the molecule is CC(C)n1c2ccccc2c2cc(C3(O)CC3)ccc21. The van der Waals surface area contributed by atoms with Gasteiger partial charge in [-0.2, -0.15) is 0 Å². The summed E-state index contributed by atoms with van der Waals surface area (Å²) in [5, 5.41) is 12.9. The Morgan fingerprint density at radius 3 is 2.40 bits per heavy atom. The van der Waals surface area contributed by atoms with E-state index in [-0.39, 0.29) is 0 Å². The molecule has 2 heteroatoms. The van der Waals surface area contributed by atoms with Gasteiger partial charge in [0.1, 0.15) is 0 Å². The molecule has 1 heterocycles. The van der Waals surface area contributed by atoms with Crippen molar-refractivity contribution in [3.63, 3.8) is 0 Å². The van der Waals surface area contributed by atoms with Crippen LogP contribution in [-0.4, -0.2) is 9.67 Å². The fourth-order valence-electron chi connectivity index (χ4n) is 3.26. The Kier molecular flexibility index (Phi) is 2.31. The van der Waals surface area contributed by atoms with Gasteiger partial charge >= 0.3 is 0 Å². The van der Waals surface area contributed by atoms with Gasteiger partial charge in [0.05, 0.1) is 5.60 Å². The van der Waals surface area contributed by atoms with E-state index in [0.717, 1.165) is 18.4 Å². The van der Waals surface area contributed by atoms with Crippen LogP contribution in [0.2, 0.25) is 0 Å². The third-order valence-electron chi connectivity index (χ3n) is 4.49. The van der Waals surface area contributed by atoms with Crippen molar-refractivity contribution < 1.29 is 5.11 Å². The smallest absolute Gasteiger partial charge is 0.0899 e. The summed E-state index contributed by atoms with van der Waals surface area (Å²) in [5.74, 6) is 0. The molecule has 0 saturated heterocycles. The number of rotatable bonds is 2. The van der Waals surface area contributed by atoms with Crippen molar-refractivity contribution in [2.24, 2.45) is 0 Å². The molecule has 0 aliphatic heterocycles. The van der Waals surface area contributed by atoms with E-state index >= 15 is 0 Å². The van der Waals surface area contributed by atoms with Crippen LogP contribution in [0.25, 0.3) is 21.8 Å². The minimum absolute atomic E-state index is 0.423. The van der Waals surface area contributed by atoms with E-state index in [2.05, 4.69) is 60.9 Å². The largest absolute Gasteiger partial charge is 0.385 e. The molecule has 1 N–H and O–H groups in total. The van der Waals surface area contributed by atoms with Gasteiger partial charge < -0.3 is 9.67 Å². The van der Waals surface area contributed by atoms with Gasteiger partial charge in [-0.25, -0.2) is 0 Å². The summed E-state index contributed by atoms with van der Waals surface area (Å²) in [7, 11) is 0. The van der Waals surface area contributed by atoms with Gasteiger partial charge in [-0.05, 0) is 50.5 Å². The van der Waals surface area contributed by atoms with Gasteiger partial charge in [0.2, 0.25) is 0 Å². The van der Waals surface area contributed by atoms with E-state index < -0.39 is 5.60 Å². The highest BCUT2D eigenvalue weighted by atomic mass is 16.3. The summed E-state index contributed by atoms with van der Waals surface area (Å²) in [5.41, 5.74) is 3.04. The monoisotopic (exact) mass is 265 g/mol. The number of nitrogens with zero attached hydrogens (tertiary/aromatic N) is 1. The molecule has 1 aliphatic rings. The first-order chi connectivity index (χ1) is 9.60. The quantitative estimate of drug-likeness (QED) is 0.732. The van der Waals surface area contributed by atoms with Crippen LogP contribution in [0.5, 0.6) is 0 Å². The average Bonchev–Trinajstić information content (AvgIpc) is 3.10. The average molecular weight is 265 g/mol. The van der Waals surface area contributed by atoms with Crippen LogP contribution in [0, 0.1) is 0 Å². The second-order valence-electron chi connectivity index (χ2n) is 6.24. The van der Waals surface area contributed by atoms with E-state index in [9.17, 15) is 5.11 Å². The zero-order chi connectivity index (χ0) is 13.9. The van der Waals surface area contributed by atoms with Gasteiger partial charge in [-0.1, -0.05) is 24.3 Å². The fourth-order valence-corrected chi connectivity index (χ4v) is 3.26. The standard InChI is InChI=1S/C18H19NO/c1-12(2)19-16-6-4-3-5-14(16)15-11-13(7-8-17(15)19)18(20)9-10-18/h3-8,11-12,20H,9-10H2,1-2H3. The van der Waals surface area contributed by atoms with Crippen molar-refractivity contribution in [2.45, 2.75) is 38.3 Å². The third-order valence-corrected chi connectivity index (χ3v) is 4.49. The number of aromatic nitrogens is 1. The summed E-state index contributed by atoms with van der Waals surface area (Å²) < 4.78 is 2.38. The van der Waals surface area contributed by atoms with Crippen LogP contribution in [0.4, 0.5) is 0 Å². The molecule has 0 spiro atoms. The van der Waals surface area contributed by atoms with E-state index in [0.29, 0.717) is 6.04 Å². The highest BCUT2D eigenvalue weighted by Crippen LogP contribution is 2.46. The number of benzene rings is 2. The Hall–Kier alpha value is -1.80. The van der Waals surface area contributed by atoms with Crippen molar-refractivity contribution in [1.82, 2.24) is 4.57 Å². The van der Waals surface area contributed by atoms with Crippen LogP contribution in [-0.2, 0) is 5.60 Å². The van der Waals surface area contributed by atoms with E-state index in [1.165, 1.54) is 21.8 Å². The van der Waals surface area contributed by atoms with E-state index in [1.807, 2.05) is 0 Å². The highest BCUT2D eigenvalue weighted by molar-refractivity contribution is 6.08. The lowest BCUT2D eigenvalue weighted by molar-refractivity contribution is 0.151. The number of fused-ring (bicyclic) bond motifs is 3. The van der Waals surface area contributed by atoms with Crippen LogP contribution >= 0.6 is 0 Å². The first-order valence-electron chi connectivity index (χ1n) is 7.36. The van der Waals surface area contributed by atoms with Crippen molar-refractivity contribution in [2.75, 3.05) is 0 Å². The second-order valence-corrected chi connectivity index (χ2v) is 6.24. The molecule has 1 saturated carbocycles. The molecule has 3 aromatic rings. The summed E-state index contributed by atoms with van der Waals surface area (Å²) >= 11 is 0. The minimum Gasteiger partial charge on any atom is -0.385 e. The van der Waals surface area contributed by atoms with Gasteiger partial charge in [-0.3, -0.25) is 0 Å². The Balaban J connectivity index is 2.10. The molecule has 1 aromatic heterocycles. The van der Waals surface area contributed by atoms with Crippen LogP contribution in [0.3, 0.4) is 0 Å². The van der Waals surface area contributed by atoms with Gasteiger partial charge in [0.25, 0.3) is 0 Å². The van der Waals surface area contributed by atoms with Crippen molar-refractivity contribution in [3.8, 4) is 0 Å². The summed E-state index contributed by atoms with van der Waals surface area (Å²) in [6.07, 6.45) is 1.78. The lowest BCUT2D eigenvalue weighted by atomic mass is 10.0. The van der Waals surface area contributed by atoms with E-state index in [4.69, 9.17) is 0 Å². The molecule has 2 nitrogen and oxygen atoms in total. The molecule has 0 radical (unpaired) electrons. The first-order valence-corrected chi connectivity index (χ1v) is 7.36. The number of hydrogen-bond acceptors (Lipinski definition) is 1. The molecule has 1 fully saturated rings. The normalized spacial score (nSPS) is 17.2. The maximum absolute atomic E-state index is 10.3. The second kappa shape index (κ2) is 3.86. The van der Waals surface area contributed by atoms with Gasteiger partial charge in [0.15, 0.2) is 0 Å². The van der Waals surface area contributed by atoms with Crippen molar-refractivity contribution >= 4 is 21.8 Å². The molecule has 20 heavy (non-hydrogen) atoms. The number of para-hydroxylation sites is 1. The lowest BCUT2D eigenvalue weighted by Crippen LogP contribution is -2.04. The van der Waals surface area contributed by atoms with Crippen LogP contribution < -0.4 is 0 Å². The molecule has 1 aliphatic carbocycles. The molecular weight excluding hydrogens is 246 g/mol. The first kappa shape index (κ1) is 12.0. The summed E-state index contributed by atoms with van der Waals surface area (Å²) in [4.78, 5) is 0. The van der Waals surface area contributed by atoms with Gasteiger partial charge in [-0.15, -0.1) is 0 Å². The maximum Gasteiger partial charge on any atom is 0.0899 e. The third kappa shape index (κ3) is 1.55. The van der Waals surface area contributed by atoms with Crippen LogP contribution in [0.1, 0.15) is 38.3 Å². The molecule has 2 aromatic carbocycles. The predicted molar refractivity (Wildman–Crippen MR) is 83.0 cm³/mol. The van der Waals surface area contributed by atoms with E-state index in [1.54, 1.807) is 0 Å². The Morgan fingerprint density at radius 2 is 1.70 bits per heavy atom. The molecular formula is C18H19NO. The molecule has 0 amide bonds.